The van der Waals surface area contributed by atoms with Crippen molar-refractivity contribution in [1.82, 2.24) is 4.90 Å². The van der Waals surface area contributed by atoms with Gasteiger partial charge in [-0.3, -0.25) is 4.90 Å². The molecule has 1 fully saturated rings. The molecule has 1 unspecified atom stereocenters. The molecule has 2 rings (SSSR count). The van der Waals surface area contributed by atoms with Gasteiger partial charge in [-0.2, -0.15) is 0 Å². The van der Waals surface area contributed by atoms with E-state index in [9.17, 15) is 5.11 Å². The first-order valence-corrected chi connectivity index (χ1v) is 6.77. The minimum atomic E-state index is -0.176. The Bertz CT molecular complexity index is 428. The largest absolute Gasteiger partial charge is 0.393 e. The van der Waals surface area contributed by atoms with E-state index in [1.807, 2.05) is 12.1 Å². The van der Waals surface area contributed by atoms with Crippen LogP contribution in [-0.4, -0.2) is 34.2 Å². The first kappa shape index (κ1) is 13.5. The second-order valence-electron chi connectivity index (χ2n) is 4.93. The van der Waals surface area contributed by atoms with E-state index in [1.165, 1.54) is 11.1 Å². The zero-order chi connectivity index (χ0) is 13.1. The van der Waals surface area contributed by atoms with E-state index in [-0.39, 0.29) is 12.1 Å². The molecule has 1 aliphatic heterocycles. The molecule has 18 heavy (non-hydrogen) atoms. The fourth-order valence-corrected chi connectivity index (χ4v) is 2.84. The number of hydrogen-bond donors (Lipinski definition) is 2. The van der Waals surface area contributed by atoms with Gasteiger partial charge in [0.2, 0.25) is 0 Å². The van der Waals surface area contributed by atoms with Gasteiger partial charge in [-0.05, 0) is 30.9 Å². The third kappa shape index (κ3) is 2.88. The van der Waals surface area contributed by atoms with Crippen LogP contribution in [0.3, 0.4) is 0 Å². The first-order chi connectivity index (χ1) is 8.59. The van der Waals surface area contributed by atoms with Crippen LogP contribution >= 0.6 is 12.2 Å². The van der Waals surface area contributed by atoms with Crippen LogP contribution in [0.2, 0.25) is 0 Å². The number of aliphatic hydroxyl groups excluding tert-OH is 1. The van der Waals surface area contributed by atoms with Gasteiger partial charge in [0.25, 0.3) is 0 Å². The van der Waals surface area contributed by atoms with Gasteiger partial charge in [-0.25, -0.2) is 0 Å². The first-order valence-electron chi connectivity index (χ1n) is 6.36. The Labute approximate surface area is 114 Å². The molecule has 1 aromatic rings. The zero-order valence-corrected chi connectivity index (χ0v) is 11.5. The number of hydrogen-bond acceptors (Lipinski definition) is 3. The summed E-state index contributed by atoms with van der Waals surface area (Å²) in [7, 11) is 0. The molecule has 4 heteroatoms. The number of nitrogens with two attached hydrogens (primary N) is 1. The van der Waals surface area contributed by atoms with Crippen molar-refractivity contribution in [3.8, 4) is 0 Å². The highest BCUT2D eigenvalue weighted by Crippen LogP contribution is 2.27. The summed E-state index contributed by atoms with van der Waals surface area (Å²) in [6.07, 6.45) is 1.42. The highest BCUT2D eigenvalue weighted by molar-refractivity contribution is 7.80. The van der Waals surface area contributed by atoms with Gasteiger partial charge in [0, 0.05) is 13.1 Å². The maximum absolute atomic E-state index is 9.58. The summed E-state index contributed by atoms with van der Waals surface area (Å²) in [5, 5.41) is 9.58. The van der Waals surface area contributed by atoms with Crippen LogP contribution < -0.4 is 5.73 Å². The zero-order valence-electron chi connectivity index (χ0n) is 10.7. The highest BCUT2D eigenvalue weighted by Gasteiger charge is 2.27. The van der Waals surface area contributed by atoms with Crippen molar-refractivity contribution in [2.75, 3.05) is 13.1 Å². The number of benzene rings is 1. The molecule has 0 saturated carbocycles. The fourth-order valence-electron chi connectivity index (χ4n) is 2.57. The Morgan fingerprint density at radius 3 is 2.56 bits per heavy atom. The van der Waals surface area contributed by atoms with Gasteiger partial charge in [0.15, 0.2) is 0 Å². The third-order valence-corrected chi connectivity index (χ3v) is 3.84. The summed E-state index contributed by atoms with van der Waals surface area (Å²) >= 11 is 5.24. The Morgan fingerprint density at radius 1 is 1.39 bits per heavy atom. The van der Waals surface area contributed by atoms with Crippen molar-refractivity contribution in [3.63, 3.8) is 0 Å². The number of aryl methyl sites for hydroxylation is 1. The molecular weight excluding hydrogens is 244 g/mol. The minimum Gasteiger partial charge on any atom is -0.393 e. The van der Waals surface area contributed by atoms with Crippen LogP contribution in [0.1, 0.15) is 30.0 Å². The molecule has 1 aromatic carbocycles. The summed E-state index contributed by atoms with van der Waals surface area (Å²) in [4.78, 5) is 2.79. The molecule has 0 aromatic heterocycles. The van der Waals surface area contributed by atoms with E-state index in [4.69, 9.17) is 18.0 Å². The van der Waals surface area contributed by atoms with Gasteiger partial charge < -0.3 is 10.8 Å². The van der Waals surface area contributed by atoms with E-state index >= 15 is 0 Å². The number of piperidine rings is 1. The molecule has 0 bridgehead atoms. The van der Waals surface area contributed by atoms with Crippen molar-refractivity contribution in [1.29, 1.82) is 0 Å². The summed E-state index contributed by atoms with van der Waals surface area (Å²) < 4.78 is 0. The number of thiocarbonyl (C=S) groups is 1. The van der Waals surface area contributed by atoms with E-state index in [2.05, 4.69) is 24.0 Å². The number of aliphatic hydroxyl groups is 1. The Morgan fingerprint density at radius 2 is 2.00 bits per heavy atom. The molecule has 3 nitrogen and oxygen atoms in total. The molecule has 1 aliphatic rings. The van der Waals surface area contributed by atoms with Crippen molar-refractivity contribution in [2.24, 2.45) is 5.73 Å². The smallest absolute Gasteiger partial charge is 0.0948 e. The third-order valence-electron chi connectivity index (χ3n) is 3.62. The molecule has 0 radical (unpaired) electrons. The average molecular weight is 264 g/mol. The summed E-state index contributed by atoms with van der Waals surface area (Å²) in [5.74, 6) is 0. The number of rotatable bonds is 3. The van der Waals surface area contributed by atoms with Crippen molar-refractivity contribution >= 4 is 17.2 Å². The minimum absolute atomic E-state index is 0.00583. The molecule has 98 valence electrons. The normalized spacial score (nSPS) is 19.7. The highest BCUT2D eigenvalue weighted by atomic mass is 32.1. The van der Waals surface area contributed by atoms with Gasteiger partial charge in [-0.1, -0.05) is 36.5 Å². The SMILES string of the molecule is Cc1ccccc1C(C(N)=S)N1CCC(O)CC1. The second kappa shape index (κ2) is 5.78. The molecular formula is C14H20N2OS. The van der Waals surface area contributed by atoms with Crippen LogP contribution in [0.25, 0.3) is 0 Å². The molecule has 0 spiro atoms. The maximum atomic E-state index is 9.58. The van der Waals surface area contributed by atoms with E-state index in [0.717, 1.165) is 25.9 Å². The molecule has 1 saturated heterocycles. The van der Waals surface area contributed by atoms with Gasteiger partial charge >= 0.3 is 0 Å². The van der Waals surface area contributed by atoms with E-state index in [1.54, 1.807) is 0 Å². The molecule has 1 heterocycles. The van der Waals surface area contributed by atoms with E-state index < -0.39 is 0 Å². The second-order valence-corrected chi connectivity index (χ2v) is 5.40. The van der Waals surface area contributed by atoms with Crippen LogP contribution in [0.5, 0.6) is 0 Å². The standard InChI is InChI=1S/C14H20N2OS/c1-10-4-2-3-5-12(10)13(14(15)18)16-8-6-11(17)7-9-16/h2-5,11,13,17H,6-9H2,1H3,(H2,15,18). The Hall–Kier alpha value is -0.970. The summed E-state index contributed by atoms with van der Waals surface area (Å²) in [6.45, 7) is 3.77. The quantitative estimate of drug-likeness (QED) is 0.817. The van der Waals surface area contributed by atoms with Crippen molar-refractivity contribution in [2.45, 2.75) is 31.9 Å². The van der Waals surface area contributed by atoms with Crippen LogP contribution in [-0.2, 0) is 0 Å². The topological polar surface area (TPSA) is 49.5 Å². The lowest BCUT2D eigenvalue weighted by Gasteiger charge is -2.36. The molecule has 0 aliphatic carbocycles. The lowest BCUT2D eigenvalue weighted by atomic mass is 9.97. The lowest BCUT2D eigenvalue weighted by molar-refractivity contribution is 0.0738. The monoisotopic (exact) mass is 264 g/mol. The maximum Gasteiger partial charge on any atom is 0.0948 e. The van der Waals surface area contributed by atoms with E-state index in [0.29, 0.717) is 4.99 Å². The predicted octanol–water partition coefficient (Wildman–Crippen LogP) is 1.78. The molecule has 3 N–H and O–H groups in total. The average Bonchev–Trinajstić information content (AvgIpc) is 2.34. The summed E-state index contributed by atoms with van der Waals surface area (Å²) in [5.41, 5.74) is 8.32. The van der Waals surface area contributed by atoms with Gasteiger partial charge in [0.1, 0.15) is 0 Å². The number of nitrogens with zero attached hydrogens (tertiary/aromatic N) is 1. The number of likely N-dealkylation sites (tertiary alicyclic amines) is 1. The van der Waals surface area contributed by atoms with Crippen LogP contribution in [0, 0.1) is 6.92 Å². The van der Waals surface area contributed by atoms with Crippen molar-refractivity contribution in [3.05, 3.63) is 35.4 Å². The predicted molar refractivity (Wildman–Crippen MR) is 77.5 cm³/mol. The Kier molecular flexibility index (Phi) is 4.32. The molecule has 0 amide bonds. The van der Waals surface area contributed by atoms with Crippen LogP contribution in [0.4, 0.5) is 0 Å². The summed E-state index contributed by atoms with van der Waals surface area (Å²) in [6, 6.07) is 8.21. The van der Waals surface area contributed by atoms with Gasteiger partial charge in [-0.15, -0.1) is 0 Å². The van der Waals surface area contributed by atoms with Crippen LogP contribution in [0.15, 0.2) is 24.3 Å². The lowest BCUT2D eigenvalue weighted by Crippen LogP contribution is -2.43. The fraction of sp³-hybridized carbons (Fsp3) is 0.500. The van der Waals surface area contributed by atoms with Gasteiger partial charge in [0.05, 0.1) is 17.1 Å². The Balaban J connectivity index is 2.24. The van der Waals surface area contributed by atoms with Crippen molar-refractivity contribution < 1.29 is 5.11 Å². The molecule has 1 atom stereocenters.